The molecule has 8 heteroatoms. The predicted molar refractivity (Wildman–Crippen MR) is 118 cm³/mol. The standard InChI is InChI=1S/C19H24N4O3.HI/c1-25-16-9-8-14(12-17(16)26-2)10-11-21-19(20)22-13-18(24)23-15-6-4-3-5-7-15;/h3-9,12H,10-11,13H2,1-2H3,(H,23,24)(H3,20,21,22);1H. The van der Waals surface area contributed by atoms with Crippen LogP contribution in [0.15, 0.2) is 53.5 Å². The number of nitrogens with one attached hydrogen (secondary N) is 2. The van der Waals surface area contributed by atoms with Crippen molar-refractivity contribution in [2.45, 2.75) is 6.42 Å². The van der Waals surface area contributed by atoms with Gasteiger partial charge in [-0.1, -0.05) is 24.3 Å². The van der Waals surface area contributed by atoms with E-state index < -0.39 is 0 Å². The van der Waals surface area contributed by atoms with Gasteiger partial charge in [0.15, 0.2) is 17.5 Å². The molecule has 0 bridgehead atoms. The van der Waals surface area contributed by atoms with Crippen LogP contribution in [0.4, 0.5) is 5.69 Å². The number of carbonyl (C=O) groups is 1. The zero-order valence-corrected chi connectivity index (χ0v) is 17.7. The number of amides is 1. The number of hydrogen-bond donors (Lipinski definition) is 3. The first-order valence-electron chi connectivity index (χ1n) is 8.22. The monoisotopic (exact) mass is 484 g/mol. The minimum absolute atomic E-state index is 0. The summed E-state index contributed by atoms with van der Waals surface area (Å²) in [4.78, 5) is 15.9. The van der Waals surface area contributed by atoms with Crippen molar-refractivity contribution in [2.24, 2.45) is 10.7 Å². The topological polar surface area (TPSA) is 98.0 Å². The van der Waals surface area contributed by atoms with Crippen molar-refractivity contribution >= 4 is 41.5 Å². The number of nitrogens with two attached hydrogens (primary N) is 1. The van der Waals surface area contributed by atoms with Gasteiger partial charge in [0.25, 0.3) is 0 Å². The van der Waals surface area contributed by atoms with E-state index in [0.717, 1.165) is 17.7 Å². The quantitative estimate of drug-likeness (QED) is 0.304. The van der Waals surface area contributed by atoms with Gasteiger partial charge in [-0.2, -0.15) is 0 Å². The highest BCUT2D eigenvalue weighted by Crippen LogP contribution is 2.27. The highest BCUT2D eigenvalue weighted by atomic mass is 127. The number of benzene rings is 2. The lowest BCUT2D eigenvalue weighted by Crippen LogP contribution is -2.34. The fourth-order valence-corrected chi connectivity index (χ4v) is 2.31. The molecule has 0 atom stereocenters. The molecule has 0 fully saturated rings. The molecule has 2 aromatic carbocycles. The van der Waals surface area contributed by atoms with Crippen LogP contribution in [0, 0.1) is 0 Å². The van der Waals surface area contributed by atoms with Gasteiger partial charge in [0.05, 0.1) is 14.2 Å². The van der Waals surface area contributed by atoms with E-state index in [-0.39, 0.29) is 42.4 Å². The first kappa shape index (κ1) is 22.6. The summed E-state index contributed by atoms with van der Waals surface area (Å²) >= 11 is 0. The number of hydrogen-bond acceptors (Lipinski definition) is 4. The molecular formula is C19H25IN4O3. The van der Waals surface area contributed by atoms with E-state index in [4.69, 9.17) is 15.2 Å². The molecule has 2 aromatic rings. The van der Waals surface area contributed by atoms with Crippen molar-refractivity contribution < 1.29 is 14.3 Å². The molecule has 0 aliphatic rings. The van der Waals surface area contributed by atoms with Crippen LogP contribution in [0.25, 0.3) is 0 Å². The summed E-state index contributed by atoms with van der Waals surface area (Å²) < 4.78 is 10.5. The van der Waals surface area contributed by atoms with Crippen LogP contribution in [0.1, 0.15) is 5.56 Å². The third-order valence-electron chi connectivity index (χ3n) is 3.62. The van der Waals surface area contributed by atoms with E-state index in [1.54, 1.807) is 14.2 Å². The van der Waals surface area contributed by atoms with Crippen molar-refractivity contribution in [1.82, 2.24) is 5.32 Å². The lowest BCUT2D eigenvalue weighted by molar-refractivity contribution is -0.114. The molecule has 0 heterocycles. The van der Waals surface area contributed by atoms with E-state index in [1.165, 1.54) is 0 Å². The van der Waals surface area contributed by atoms with Crippen molar-refractivity contribution in [2.75, 3.05) is 32.6 Å². The van der Waals surface area contributed by atoms with Crippen LogP contribution in [0.3, 0.4) is 0 Å². The minimum Gasteiger partial charge on any atom is -0.493 e. The molecule has 1 amide bonds. The molecule has 0 saturated carbocycles. The summed E-state index contributed by atoms with van der Waals surface area (Å²) in [7, 11) is 3.20. The van der Waals surface area contributed by atoms with Crippen molar-refractivity contribution in [3.8, 4) is 11.5 Å². The lowest BCUT2D eigenvalue weighted by atomic mass is 10.1. The van der Waals surface area contributed by atoms with Crippen LogP contribution in [-0.4, -0.2) is 39.2 Å². The average molecular weight is 484 g/mol. The van der Waals surface area contributed by atoms with E-state index in [9.17, 15) is 4.79 Å². The Morgan fingerprint density at radius 3 is 2.44 bits per heavy atom. The van der Waals surface area contributed by atoms with Gasteiger partial charge in [-0.05, 0) is 36.2 Å². The zero-order valence-electron chi connectivity index (χ0n) is 15.4. The van der Waals surface area contributed by atoms with E-state index in [2.05, 4.69) is 15.6 Å². The Morgan fingerprint density at radius 1 is 1.07 bits per heavy atom. The van der Waals surface area contributed by atoms with Gasteiger partial charge in [0.2, 0.25) is 5.91 Å². The molecule has 4 N–H and O–H groups in total. The summed E-state index contributed by atoms with van der Waals surface area (Å²) in [6.45, 7) is 0.551. The molecule has 146 valence electrons. The third kappa shape index (κ3) is 7.73. The Bertz CT molecular complexity index is 754. The maximum absolute atomic E-state index is 11.8. The summed E-state index contributed by atoms with van der Waals surface area (Å²) in [6, 6.07) is 14.9. The summed E-state index contributed by atoms with van der Waals surface area (Å²) in [5.41, 5.74) is 7.60. The number of methoxy groups -OCH3 is 2. The van der Waals surface area contributed by atoms with Crippen molar-refractivity contribution in [3.05, 3.63) is 54.1 Å². The smallest absolute Gasteiger partial charge is 0.246 e. The molecule has 0 spiro atoms. The molecule has 0 aromatic heterocycles. The predicted octanol–water partition coefficient (Wildman–Crippen LogP) is 2.41. The molecule has 2 rings (SSSR count). The van der Waals surface area contributed by atoms with Gasteiger partial charge in [0, 0.05) is 12.2 Å². The third-order valence-corrected chi connectivity index (χ3v) is 3.62. The van der Waals surface area contributed by atoms with Crippen molar-refractivity contribution in [1.29, 1.82) is 0 Å². The number of halogens is 1. The number of carbonyl (C=O) groups excluding carboxylic acids is 1. The normalized spacial score (nSPS) is 10.5. The Morgan fingerprint density at radius 2 is 1.78 bits per heavy atom. The van der Waals surface area contributed by atoms with Gasteiger partial charge in [-0.3, -0.25) is 4.79 Å². The van der Waals surface area contributed by atoms with Gasteiger partial charge in [-0.15, -0.1) is 24.0 Å². The number of ether oxygens (including phenoxy) is 2. The maximum atomic E-state index is 11.8. The first-order chi connectivity index (χ1) is 12.6. The van der Waals surface area contributed by atoms with Crippen LogP contribution >= 0.6 is 24.0 Å². The lowest BCUT2D eigenvalue weighted by Gasteiger charge is -2.10. The van der Waals surface area contributed by atoms with Gasteiger partial charge in [-0.25, -0.2) is 4.99 Å². The van der Waals surface area contributed by atoms with Crippen LogP contribution in [0.5, 0.6) is 11.5 Å². The fourth-order valence-electron chi connectivity index (χ4n) is 2.31. The second-order valence-electron chi connectivity index (χ2n) is 5.48. The molecule has 7 nitrogen and oxygen atoms in total. The van der Waals surface area contributed by atoms with Gasteiger partial charge in [0.1, 0.15) is 6.54 Å². The summed E-state index contributed by atoms with van der Waals surface area (Å²) in [5, 5.41) is 5.74. The fraction of sp³-hybridized carbons (Fsp3) is 0.263. The molecule has 27 heavy (non-hydrogen) atoms. The van der Waals surface area contributed by atoms with Gasteiger partial charge >= 0.3 is 0 Å². The largest absolute Gasteiger partial charge is 0.493 e. The molecule has 0 unspecified atom stereocenters. The molecule has 0 aliphatic heterocycles. The first-order valence-corrected chi connectivity index (χ1v) is 8.22. The van der Waals surface area contributed by atoms with Gasteiger partial charge < -0.3 is 25.8 Å². The Hall–Kier alpha value is -2.49. The zero-order chi connectivity index (χ0) is 18.8. The minimum atomic E-state index is -0.221. The Balaban J connectivity index is 0.00000364. The Labute approximate surface area is 176 Å². The van der Waals surface area contributed by atoms with E-state index >= 15 is 0 Å². The number of anilines is 1. The number of aliphatic imine (C=N–C) groups is 1. The van der Waals surface area contributed by atoms with E-state index in [1.807, 2.05) is 48.5 Å². The maximum Gasteiger partial charge on any atom is 0.246 e. The molecular weight excluding hydrogens is 459 g/mol. The summed E-state index contributed by atoms with van der Waals surface area (Å²) in [6.07, 6.45) is 0.729. The highest BCUT2D eigenvalue weighted by Gasteiger charge is 2.05. The summed E-state index contributed by atoms with van der Waals surface area (Å²) in [5.74, 6) is 1.38. The number of guanidine groups is 1. The Kier molecular flexibility index (Phi) is 10.0. The van der Waals surface area contributed by atoms with Crippen molar-refractivity contribution in [3.63, 3.8) is 0 Å². The molecule has 0 saturated heterocycles. The van der Waals surface area contributed by atoms with Crippen LogP contribution in [0.2, 0.25) is 0 Å². The van der Waals surface area contributed by atoms with E-state index in [0.29, 0.717) is 18.0 Å². The van der Waals surface area contributed by atoms with Crippen LogP contribution in [-0.2, 0) is 11.2 Å². The average Bonchev–Trinajstić information content (AvgIpc) is 2.67. The number of rotatable bonds is 8. The molecule has 0 radical (unpaired) electrons. The SMILES string of the molecule is COc1ccc(CCNC(N)=NCC(=O)Nc2ccccc2)cc1OC.I. The number of para-hydroxylation sites is 1. The second kappa shape index (κ2) is 12.0. The second-order valence-corrected chi connectivity index (χ2v) is 5.48. The van der Waals surface area contributed by atoms with Crippen LogP contribution < -0.4 is 25.8 Å². The number of nitrogens with zero attached hydrogens (tertiary/aromatic N) is 1. The molecule has 0 aliphatic carbocycles. The highest BCUT2D eigenvalue weighted by molar-refractivity contribution is 14.0.